The quantitative estimate of drug-likeness (QED) is 0.823. The molecule has 144 valence electrons. The molecule has 1 aliphatic rings. The first-order valence-electron chi connectivity index (χ1n) is 8.21. The summed E-state index contributed by atoms with van der Waals surface area (Å²) in [4.78, 5) is 18.2. The SMILES string of the molecule is CNS(=O)(=O)c1ccc(NC(=O)N2CCOCC2c2ccc(F)cc2)nc1. The number of halogens is 1. The van der Waals surface area contributed by atoms with Crippen LogP contribution in [0, 0.1) is 5.82 Å². The maximum absolute atomic E-state index is 13.2. The summed E-state index contributed by atoms with van der Waals surface area (Å²) in [7, 11) is -2.29. The highest BCUT2D eigenvalue weighted by Crippen LogP contribution is 2.25. The molecule has 2 heterocycles. The van der Waals surface area contributed by atoms with E-state index in [2.05, 4.69) is 15.0 Å². The zero-order valence-corrected chi connectivity index (χ0v) is 15.4. The molecule has 1 aliphatic heterocycles. The second kappa shape index (κ2) is 7.99. The highest BCUT2D eigenvalue weighted by Gasteiger charge is 2.29. The molecule has 1 unspecified atom stereocenters. The summed E-state index contributed by atoms with van der Waals surface area (Å²) in [6.45, 7) is 1.05. The number of morpholine rings is 1. The standard InChI is InChI=1S/C17H19FN4O4S/c1-19-27(24,25)14-6-7-16(20-10-14)21-17(23)22-8-9-26-11-15(22)12-2-4-13(18)5-3-12/h2-7,10,15,19H,8-9,11H2,1H3,(H,20,21,23). The van der Waals surface area contributed by atoms with Crippen LogP contribution in [0.15, 0.2) is 47.5 Å². The van der Waals surface area contributed by atoms with Crippen LogP contribution in [0.3, 0.4) is 0 Å². The van der Waals surface area contributed by atoms with Crippen LogP contribution in [0.5, 0.6) is 0 Å². The van der Waals surface area contributed by atoms with E-state index in [4.69, 9.17) is 4.74 Å². The van der Waals surface area contributed by atoms with Crippen LogP contribution < -0.4 is 10.0 Å². The number of amides is 2. The number of aromatic nitrogens is 1. The van der Waals surface area contributed by atoms with Crippen LogP contribution in [0.25, 0.3) is 0 Å². The van der Waals surface area contributed by atoms with Crippen molar-refractivity contribution >= 4 is 21.9 Å². The monoisotopic (exact) mass is 394 g/mol. The Hall–Kier alpha value is -2.56. The first-order valence-corrected chi connectivity index (χ1v) is 9.69. The molecule has 0 bridgehead atoms. The summed E-state index contributed by atoms with van der Waals surface area (Å²) in [5.41, 5.74) is 0.759. The molecule has 2 N–H and O–H groups in total. The Bertz CT molecular complexity index is 904. The molecule has 8 nitrogen and oxygen atoms in total. The van der Waals surface area contributed by atoms with Crippen molar-refractivity contribution in [1.29, 1.82) is 0 Å². The molecular formula is C17H19FN4O4S. The van der Waals surface area contributed by atoms with Gasteiger partial charge in [0.05, 0.1) is 19.3 Å². The van der Waals surface area contributed by atoms with E-state index in [0.29, 0.717) is 19.8 Å². The number of carbonyl (C=O) groups excluding carboxylic acids is 1. The predicted molar refractivity (Wildman–Crippen MR) is 96.2 cm³/mol. The minimum absolute atomic E-state index is 0.00133. The number of carbonyl (C=O) groups is 1. The average molecular weight is 394 g/mol. The summed E-state index contributed by atoms with van der Waals surface area (Å²) in [5, 5.41) is 2.65. The number of nitrogens with zero attached hydrogens (tertiary/aromatic N) is 2. The molecular weight excluding hydrogens is 375 g/mol. The lowest BCUT2D eigenvalue weighted by molar-refractivity contribution is 0.0147. The van der Waals surface area contributed by atoms with Crippen LogP contribution >= 0.6 is 0 Å². The zero-order chi connectivity index (χ0) is 19.4. The summed E-state index contributed by atoms with van der Waals surface area (Å²) in [6.07, 6.45) is 1.16. The molecule has 1 saturated heterocycles. The van der Waals surface area contributed by atoms with Gasteiger partial charge < -0.3 is 9.64 Å². The van der Waals surface area contributed by atoms with Gasteiger partial charge in [-0.05, 0) is 36.9 Å². The van der Waals surface area contributed by atoms with E-state index in [-0.39, 0.29) is 22.6 Å². The van der Waals surface area contributed by atoms with Crippen molar-refractivity contribution in [2.24, 2.45) is 0 Å². The first kappa shape index (κ1) is 19.2. The number of hydrogen-bond donors (Lipinski definition) is 2. The summed E-state index contributed by atoms with van der Waals surface area (Å²) in [6, 6.07) is 7.91. The average Bonchev–Trinajstić information content (AvgIpc) is 2.69. The van der Waals surface area contributed by atoms with E-state index in [1.54, 1.807) is 17.0 Å². The predicted octanol–water partition coefficient (Wildman–Crippen LogP) is 1.73. The number of pyridine rings is 1. The lowest BCUT2D eigenvalue weighted by atomic mass is 10.1. The van der Waals surface area contributed by atoms with Gasteiger partial charge in [-0.15, -0.1) is 0 Å². The van der Waals surface area contributed by atoms with Crippen molar-refractivity contribution in [2.45, 2.75) is 10.9 Å². The Morgan fingerprint density at radius 1 is 1.26 bits per heavy atom. The summed E-state index contributed by atoms with van der Waals surface area (Å²) < 4.78 is 44.2. The fourth-order valence-corrected chi connectivity index (χ4v) is 3.39. The molecule has 0 spiro atoms. The van der Waals surface area contributed by atoms with Gasteiger partial charge in [-0.2, -0.15) is 0 Å². The lowest BCUT2D eigenvalue weighted by Gasteiger charge is -2.35. The van der Waals surface area contributed by atoms with Gasteiger partial charge in [0.2, 0.25) is 10.0 Å². The molecule has 0 radical (unpaired) electrons. The molecule has 1 atom stereocenters. The van der Waals surface area contributed by atoms with Crippen molar-refractivity contribution in [3.63, 3.8) is 0 Å². The number of anilines is 1. The highest BCUT2D eigenvalue weighted by molar-refractivity contribution is 7.89. The molecule has 27 heavy (non-hydrogen) atoms. The summed E-state index contributed by atoms with van der Waals surface area (Å²) in [5.74, 6) is -0.133. The molecule has 2 aromatic rings. The van der Waals surface area contributed by atoms with Gasteiger partial charge in [0.1, 0.15) is 16.5 Å². The Labute approximate surface area is 156 Å². The number of sulfonamides is 1. The van der Waals surface area contributed by atoms with Gasteiger partial charge >= 0.3 is 6.03 Å². The van der Waals surface area contributed by atoms with Gasteiger partial charge in [-0.25, -0.2) is 27.3 Å². The molecule has 0 aliphatic carbocycles. The number of ether oxygens (including phenoxy) is 1. The first-order chi connectivity index (χ1) is 12.9. The molecule has 1 aromatic carbocycles. The lowest BCUT2D eigenvalue weighted by Crippen LogP contribution is -2.45. The molecule has 0 saturated carbocycles. The number of urea groups is 1. The van der Waals surface area contributed by atoms with Crippen molar-refractivity contribution in [2.75, 3.05) is 32.1 Å². The topological polar surface area (TPSA) is 101 Å². The Kier molecular flexibility index (Phi) is 5.68. The largest absolute Gasteiger partial charge is 0.377 e. The van der Waals surface area contributed by atoms with Crippen LogP contribution in [0.2, 0.25) is 0 Å². The molecule has 1 aromatic heterocycles. The van der Waals surface area contributed by atoms with E-state index in [0.717, 1.165) is 11.8 Å². The third kappa shape index (κ3) is 4.41. The molecule has 1 fully saturated rings. The van der Waals surface area contributed by atoms with E-state index < -0.39 is 16.1 Å². The van der Waals surface area contributed by atoms with Crippen molar-refractivity contribution in [3.8, 4) is 0 Å². The van der Waals surface area contributed by atoms with Gasteiger partial charge in [0, 0.05) is 12.7 Å². The Morgan fingerprint density at radius 2 is 2.00 bits per heavy atom. The summed E-state index contributed by atoms with van der Waals surface area (Å²) >= 11 is 0. The smallest absolute Gasteiger partial charge is 0.323 e. The van der Waals surface area contributed by atoms with Crippen LogP contribution in [0.1, 0.15) is 11.6 Å². The fraction of sp³-hybridized carbons (Fsp3) is 0.294. The number of rotatable bonds is 4. The van der Waals surface area contributed by atoms with Crippen molar-refractivity contribution < 1.29 is 22.3 Å². The maximum Gasteiger partial charge on any atom is 0.323 e. The minimum Gasteiger partial charge on any atom is -0.377 e. The van der Waals surface area contributed by atoms with Gasteiger partial charge in [-0.3, -0.25) is 5.32 Å². The fourth-order valence-electron chi connectivity index (χ4n) is 2.72. The van der Waals surface area contributed by atoms with E-state index in [1.165, 1.54) is 31.3 Å². The normalized spacial score (nSPS) is 17.6. The Balaban J connectivity index is 1.74. The van der Waals surface area contributed by atoms with E-state index in [9.17, 15) is 17.6 Å². The van der Waals surface area contributed by atoms with Crippen molar-refractivity contribution in [1.82, 2.24) is 14.6 Å². The third-order valence-electron chi connectivity index (χ3n) is 4.19. The molecule has 3 rings (SSSR count). The number of hydrogen-bond acceptors (Lipinski definition) is 5. The number of benzene rings is 1. The van der Waals surface area contributed by atoms with Gasteiger partial charge in [0.15, 0.2) is 0 Å². The Morgan fingerprint density at radius 3 is 2.63 bits per heavy atom. The maximum atomic E-state index is 13.2. The minimum atomic E-state index is -3.60. The number of nitrogens with one attached hydrogen (secondary N) is 2. The van der Waals surface area contributed by atoms with Gasteiger partial charge in [-0.1, -0.05) is 12.1 Å². The third-order valence-corrected chi connectivity index (χ3v) is 5.59. The van der Waals surface area contributed by atoms with Crippen molar-refractivity contribution in [3.05, 3.63) is 54.0 Å². The van der Waals surface area contributed by atoms with Crippen LogP contribution in [-0.2, 0) is 14.8 Å². The van der Waals surface area contributed by atoms with E-state index >= 15 is 0 Å². The van der Waals surface area contributed by atoms with Gasteiger partial charge in [0.25, 0.3) is 0 Å². The molecule has 10 heteroatoms. The van der Waals surface area contributed by atoms with Crippen LogP contribution in [-0.4, -0.2) is 51.1 Å². The second-order valence-corrected chi connectivity index (χ2v) is 7.74. The zero-order valence-electron chi connectivity index (χ0n) is 14.6. The highest BCUT2D eigenvalue weighted by atomic mass is 32.2. The van der Waals surface area contributed by atoms with E-state index in [1.807, 2.05) is 0 Å². The molecule has 2 amide bonds. The van der Waals surface area contributed by atoms with Crippen LogP contribution in [0.4, 0.5) is 15.0 Å². The second-order valence-electron chi connectivity index (χ2n) is 5.85.